The average Bonchev–Trinajstić information content (AvgIpc) is 2.16. The first-order valence-electron chi connectivity index (χ1n) is 5.10. The van der Waals surface area contributed by atoms with Gasteiger partial charge in [-0.3, -0.25) is 4.79 Å². The van der Waals surface area contributed by atoms with Crippen LogP contribution in [0.2, 0.25) is 0 Å². The molecule has 14 heavy (non-hydrogen) atoms. The summed E-state index contributed by atoms with van der Waals surface area (Å²) in [4.78, 5) is 12.8. The zero-order chi connectivity index (χ0) is 10.4. The van der Waals surface area contributed by atoms with Crippen molar-refractivity contribution in [1.29, 1.82) is 0 Å². The third-order valence-corrected chi connectivity index (χ3v) is 2.74. The first kappa shape index (κ1) is 11.1. The molecule has 0 radical (unpaired) electrons. The maximum atomic E-state index is 10.5. The molecule has 3 nitrogen and oxygen atoms in total. The summed E-state index contributed by atoms with van der Waals surface area (Å²) in [5, 5.41) is 8.63. The van der Waals surface area contributed by atoms with Gasteiger partial charge in [0.15, 0.2) is 0 Å². The van der Waals surface area contributed by atoms with Crippen molar-refractivity contribution in [2.24, 2.45) is 5.92 Å². The van der Waals surface area contributed by atoms with Crippen LogP contribution in [0, 0.1) is 18.3 Å². The van der Waals surface area contributed by atoms with Crippen molar-refractivity contribution in [2.75, 3.05) is 19.6 Å². The second-order valence-corrected chi connectivity index (χ2v) is 3.84. The molecule has 3 heteroatoms. The first-order chi connectivity index (χ1) is 6.72. The van der Waals surface area contributed by atoms with E-state index in [4.69, 9.17) is 11.5 Å². The van der Waals surface area contributed by atoms with E-state index in [1.165, 1.54) is 0 Å². The highest BCUT2D eigenvalue weighted by molar-refractivity contribution is 5.67. The van der Waals surface area contributed by atoms with Crippen LogP contribution >= 0.6 is 0 Å². The molecular weight excluding hydrogens is 178 g/mol. The van der Waals surface area contributed by atoms with E-state index in [1.54, 1.807) is 0 Å². The SMILES string of the molecule is C#CCCN1CCC(CC(=O)O)CC1. The summed E-state index contributed by atoms with van der Waals surface area (Å²) < 4.78 is 0. The van der Waals surface area contributed by atoms with Crippen LogP contribution in [0.15, 0.2) is 0 Å². The number of rotatable bonds is 4. The van der Waals surface area contributed by atoms with Gasteiger partial charge in [-0.05, 0) is 31.8 Å². The van der Waals surface area contributed by atoms with Crippen molar-refractivity contribution in [3.8, 4) is 12.3 Å². The molecule has 1 N–H and O–H groups in total. The summed E-state index contributed by atoms with van der Waals surface area (Å²) in [6, 6.07) is 0. The van der Waals surface area contributed by atoms with Crippen LogP contribution in [0.3, 0.4) is 0 Å². The lowest BCUT2D eigenvalue weighted by Crippen LogP contribution is -2.34. The van der Waals surface area contributed by atoms with Crippen molar-refractivity contribution in [3.63, 3.8) is 0 Å². The van der Waals surface area contributed by atoms with Crippen molar-refractivity contribution in [3.05, 3.63) is 0 Å². The molecule has 0 aliphatic carbocycles. The maximum absolute atomic E-state index is 10.5. The van der Waals surface area contributed by atoms with E-state index in [9.17, 15) is 4.79 Å². The van der Waals surface area contributed by atoms with Gasteiger partial charge in [0, 0.05) is 19.4 Å². The van der Waals surface area contributed by atoms with Gasteiger partial charge in [-0.15, -0.1) is 12.3 Å². The van der Waals surface area contributed by atoms with E-state index >= 15 is 0 Å². The van der Waals surface area contributed by atoms with Gasteiger partial charge in [0.25, 0.3) is 0 Å². The fourth-order valence-corrected chi connectivity index (χ4v) is 1.88. The number of likely N-dealkylation sites (tertiary alicyclic amines) is 1. The predicted octanol–water partition coefficient (Wildman–Crippen LogP) is 1.20. The Labute approximate surface area is 85.1 Å². The Morgan fingerprint density at radius 3 is 2.64 bits per heavy atom. The Hall–Kier alpha value is -1.01. The fraction of sp³-hybridized carbons (Fsp3) is 0.727. The van der Waals surface area contributed by atoms with Gasteiger partial charge < -0.3 is 10.0 Å². The van der Waals surface area contributed by atoms with Gasteiger partial charge in [0.2, 0.25) is 0 Å². The summed E-state index contributed by atoms with van der Waals surface area (Å²) in [5.74, 6) is 2.32. The highest BCUT2D eigenvalue weighted by Gasteiger charge is 2.20. The number of aliphatic carboxylic acids is 1. The monoisotopic (exact) mass is 195 g/mol. The molecule has 1 heterocycles. The van der Waals surface area contributed by atoms with Gasteiger partial charge in [0.05, 0.1) is 0 Å². The summed E-state index contributed by atoms with van der Waals surface area (Å²) in [6.45, 7) is 2.95. The topological polar surface area (TPSA) is 40.5 Å². The standard InChI is InChI=1S/C11H17NO2/c1-2-3-6-12-7-4-10(5-8-12)9-11(13)14/h1,10H,3-9H2,(H,13,14). The van der Waals surface area contributed by atoms with Gasteiger partial charge in [-0.25, -0.2) is 0 Å². The van der Waals surface area contributed by atoms with Crippen LogP contribution in [0.1, 0.15) is 25.7 Å². The minimum atomic E-state index is -0.674. The van der Waals surface area contributed by atoms with E-state index in [0.717, 1.165) is 38.9 Å². The Kier molecular flexibility index (Phi) is 4.48. The minimum Gasteiger partial charge on any atom is -0.481 e. The molecule has 1 rings (SSSR count). The number of hydrogen-bond donors (Lipinski definition) is 1. The van der Waals surface area contributed by atoms with E-state index in [2.05, 4.69) is 10.8 Å². The van der Waals surface area contributed by atoms with Crippen molar-refractivity contribution >= 4 is 5.97 Å². The molecule has 1 fully saturated rings. The molecule has 1 saturated heterocycles. The average molecular weight is 195 g/mol. The molecule has 0 aromatic rings. The molecular formula is C11H17NO2. The number of carbonyl (C=O) groups is 1. The van der Waals surface area contributed by atoms with Gasteiger partial charge in [0.1, 0.15) is 0 Å². The lowest BCUT2D eigenvalue weighted by Gasteiger charge is -2.30. The summed E-state index contributed by atoms with van der Waals surface area (Å²) in [6.07, 6.45) is 8.30. The van der Waals surface area contributed by atoms with Gasteiger partial charge >= 0.3 is 5.97 Å². The Morgan fingerprint density at radius 1 is 1.50 bits per heavy atom. The largest absolute Gasteiger partial charge is 0.481 e. The van der Waals surface area contributed by atoms with Crippen molar-refractivity contribution in [1.82, 2.24) is 4.90 Å². The van der Waals surface area contributed by atoms with E-state index in [-0.39, 0.29) is 0 Å². The third kappa shape index (κ3) is 3.80. The third-order valence-electron chi connectivity index (χ3n) is 2.74. The van der Waals surface area contributed by atoms with E-state index in [0.29, 0.717) is 12.3 Å². The second kappa shape index (κ2) is 5.66. The summed E-state index contributed by atoms with van der Waals surface area (Å²) in [7, 11) is 0. The number of hydrogen-bond acceptors (Lipinski definition) is 2. The normalized spacial score (nSPS) is 19.1. The molecule has 0 atom stereocenters. The van der Waals surface area contributed by atoms with Gasteiger partial charge in [-0.2, -0.15) is 0 Å². The molecule has 78 valence electrons. The fourth-order valence-electron chi connectivity index (χ4n) is 1.88. The smallest absolute Gasteiger partial charge is 0.303 e. The van der Waals surface area contributed by atoms with E-state index < -0.39 is 5.97 Å². The highest BCUT2D eigenvalue weighted by Crippen LogP contribution is 2.20. The number of terminal acetylenes is 1. The quantitative estimate of drug-likeness (QED) is 0.685. The molecule has 0 saturated carbocycles. The number of nitrogens with zero attached hydrogens (tertiary/aromatic N) is 1. The molecule has 0 unspecified atom stereocenters. The Bertz CT molecular complexity index is 224. The highest BCUT2D eigenvalue weighted by atomic mass is 16.4. The minimum absolute atomic E-state index is 0.322. The maximum Gasteiger partial charge on any atom is 0.303 e. The van der Waals surface area contributed by atoms with Crippen LogP contribution in [-0.4, -0.2) is 35.6 Å². The van der Waals surface area contributed by atoms with E-state index in [1.807, 2.05) is 0 Å². The predicted molar refractivity (Wildman–Crippen MR) is 54.9 cm³/mol. The second-order valence-electron chi connectivity index (χ2n) is 3.84. The molecule has 1 aliphatic rings. The molecule has 0 aromatic carbocycles. The zero-order valence-electron chi connectivity index (χ0n) is 8.41. The van der Waals surface area contributed by atoms with Gasteiger partial charge in [-0.1, -0.05) is 0 Å². The summed E-state index contributed by atoms with van der Waals surface area (Å²) in [5.41, 5.74) is 0. The molecule has 0 bridgehead atoms. The van der Waals surface area contributed by atoms with Crippen molar-refractivity contribution in [2.45, 2.75) is 25.7 Å². The Balaban J connectivity index is 2.18. The molecule has 0 amide bonds. The first-order valence-corrected chi connectivity index (χ1v) is 5.10. The van der Waals surface area contributed by atoms with Crippen LogP contribution in [0.5, 0.6) is 0 Å². The lowest BCUT2D eigenvalue weighted by molar-refractivity contribution is -0.138. The summed E-state index contributed by atoms with van der Waals surface area (Å²) >= 11 is 0. The van der Waals surface area contributed by atoms with Crippen molar-refractivity contribution < 1.29 is 9.90 Å². The Morgan fingerprint density at radius 2 is 2.14 bits per heavy atom. The number of carboxylic acid groups (broad SMARTS) is 1. The number of carboxylic acids is 1. The van der Waals surface area contributed by atoms with Crippen LogP contribution in [0.25, 0.3) is 0 Å². The molecule has 0 aromatic heterocycles. The number of piperidine rings is 1. The zero-order valence-corrected chi connectivity index (χ0v) is 8.41. The molecule has 1 aliphatic heterocycles. The van der Waals surface area contributed by atoms with Crippen LogP contribution < -0.4 is 0 Å². The molecule has 0 spiro atoms. The van der Waals surface area contributed by atoms with Crippen LogP contribution in [0.4, 0.5) is 0 Å². The lowest BCUT2D eigenvalue weighted by atomic mass is 9.93. The van der Waals surface area contributed by atoms with Crippen LogP contribution in [-0.2, 0) is 4.79 Å².